The van der Waals surface area contributed by atoms with Gasteiger partial charge in [0.1, 0.15) is 11.2 Å². The summed E-state index contributed by atoms with van der Waals surface area (Å²) >= 11 is 0. The summed E-state index contributed by atoms with van der Waals surface area (Å²) < 4.78 is 6.54. The fraction of sp³-hybridized carbons (Fsp3) is 0.137. The third-order valence-corrected chi connectivity index (χ3v) is 11.8. The van der Waals surface area contributed by atoms with Crippen molar-refractivity contribution in [2.45, 2.75) is 44.1 Å². The fourth-order valence-electron chi connectivity index (χ4n) is 9.19. The maximum Gasteiger partial charge on any atom is 0.139 e. The van der Waals surface area contributed by atoms with Gasteiger partial charge in [-0.1, -0.05) is 166 Å². The minimum Gasteiger partial charge on any atom is -0.456 e. The second-order valence-electron chi connectivity index (χ2n) is 15.2. The van der Waals surface area contributed by atoms with Gasteiger partial charge in [0.2, 0.25) is 0 Å². The molecule has 2 unspecified atom stereocenters. The van der Waals surface area contributed by atoms with Gasteiger partial charge in [-0.3, -0.25) is 0 Å². The van der Waals surface area contributed by atoms with E-state index in [1.54, 1.807) is 0 Å². The molecule has 0 bridgehead atoms. The molecule has 0 saturated carbocycles. The maximum atomic E-state index is 6.54. The fourth-order valence-corrected chi connectivity index (χ4v) is 9.19. The van der Waals surface area contributed by atoms with Gasteiger partial charge in [-0.25, -0.2) is 0 Å². The third-order valence-electron chi connectivity index (χ3n) is 11.8. The van der Waals surface area contributed by atoms with Crippen LogP contribution in [0.3, 0.4) is 0 Å². The van der Waals surface area contributed by atoms with Crippen LogP contribution in [0.5, 0.6) is 0 Å². The lowest BCUT2D eigenvalue weighted by atomic mass is 9.82. The Hall–Kier alpha value is -6.12. The zero-order valence-corrected chi connectivity index (χ0v) is 30.2. The van der Waals surface area contributed by atoms with Crippen LogP contribution in [0.25, 0.3) is 55.3 Å². The second-order valence-corrected chi connectivity index (χ2v) is 15.2. The van der Waals surface area contributed by atoms with Crippen LogP contribution in [0, 0.1) is 0 Å². The molecule has 0 amide bonds. The molecule has 2 atom stereocenters. The number of hydrogen-bond acceptors (Lipinski definition) is 2. The third kappa shape index (κ3) is 5.16. The van der Waals surface area contributed by atoms with Crippen LogP contribution >= 0.6 is 0 Å². The number of benzene rings is 6. The molecule has 53 heavy (non-hydrogen) atoms. The van der Waals surface area contributed by atoms with E-state index in [9.17, 15) is 0 Å². The van der Waals surface area contributed by atoms with Crippen molar-refractivity contribution in [2.24, 2.45) is 0 Å². The quantitative estimate of drug-likeness (QED) is 0.173. The Morgan fingerprint density at radius 3 is 2.21 bits per heavy atom. The average Bonchev–Trinajstić information content (AvgIpc) is 3.71. The SMILES string of the molecule is CC1(C)c2ccccc2-c2cc(-c3ccccc3-c3ccccc3N(C3=CC=CC(c4cccc5c4oc4ccccc45)C3)C3C=CC=CC3)ccc21. The molecule has 256 valence electrons. The second kappa shape index (κ2) is 12.5. The highest BCUT2D eigenvalue weighted by atomic mass is 16.3. The van der Waals surface area contributed by atoms with Crippen molar-refractivity contribution in [3.05, 3.63) is 198 Å². The van der Waals surface area contributed by atoms with E-state index >= 15 is 0 Å². The Labute approximate surface area is 311 Å². The highest BCUT2D eigenvalue weighted by Crippen LogP contribution is 2.50. The molecule has 0 N–H and O–H groups in total. The van der Waals surface area contributed by atoms with Crippen LogP contribution in [0.1, 0.15) is 49.3 Å². The molecule has 10 rings (SSSR count). The van der Waals surface area contributed by atoms with Crippen LogP contribution in [-0.4, -0.2) is 6.04 Å². The first-order valence-electron chi connectivity index (χ1n) is 18.9. The first-order valence-corrected chi connectivity index (χ1v) is 18.9. The van der Waals surface area contributed by atoms with Crippen molar-refractivity contribution in [2.75, 3.05) is 4.90 Å². The average molecular weight is 684 g/mol. The summed E-state index contributed by atoms with van der Waals surface area (Å²) in [6.45, 7) is 4.70. The minimum atomic E-state index is -0.0189. The van der Waals surface area contributed by atoms with Crippen LogP contribution in [0.4, 0.5) is 5.69 Å². The van der Waals surface area contributed by atoms with Gasteiger partial charge in [0.05, 0.1) is 6.04 Å². The lowest BCUT2D eigenvalue weighted by Gasteiger charge is -2.38. The van der Waals surface area contributed by atoms with Crippen LogP contribution in [0.15, 0.2) is 186 Å². The molecular weight excluding hydrogens is 643 g/mol. The van der Waals surface area contributed by atoms with E-state index in [0.29, 0.717) is 0 Å². The number of fused-ring (bicyclic) bond motifs is 6. The molecule has 3 aliphatic carbocycles. The highest BCUT2D eigenvalue weighted by molar-refractivity contribution is 6.06. The molecule has 0 fully saturated rings. The van der Waals surface area contributed by atoms with Gasteiger partial charge in [-0.15, -0.1) is 0 Å². The predicted octanol–water partition coefficient (Wildman–Crippen LogP) is 13.5. The molecule has 0 aliphatic heterocycles. The molecule has 1 aromatic heterocycles. The number of rotatable bonds is 6. The van der Waals surface area contributed by atoms with Gasteiger partial charge >= 0.3 is 0 Å². The molecule has 6 aromatic carbocycles. The number of allylic oxidation sites excluding steroid dienone is 6. The van der Waals surface area contributed by atoms with E-state index in [-0.39, 0.29) is 17.4 Å². The predicted molar refractivity (Wildman–Crippen MR) is 222 cm³/mol. The van der Waals surface area contributed by atoms with Gasteiger partial charge in [0.25, 0.3) is 0 Å². The van der Waals surface area contributed by atoms with Gasteiger partial charge in [0.15, 0.2) is 0 Å². The largest absolute Gasteiger partial charge is 0.456 e. The maximum absolute atomic E-state index is 6.54. The standard InChI is InChI=1S/C51H41NO/c1-51(2)46-27-11-8-22-41(46)45-33-35(30-31-47(45)51)38-20-6-7-21-40(38)42-23-9-12-28-48(42)52(36-17-4-3-5-18-36)37-19-14-16-34(32-37)39-25-15-26-44-43-24-10-13-29-49(43)53-50(39)44/h3-17,19-31,33-34,36H,18,32H2,1-2H3. The van der Waals surface area contributed by atoms with Gasteiger partial charge in [-0.2, -0.15) is 0 Å². The van der Waals surface area contributed by atoms with Crippen molar-refractivity contribution in [3.8, 4) is 33.4 Å². The van der Waals surface area contributed by atoms with E-state index in [4.69, 9.17) is 4.42 Å². The molecular formula is C51H41NO. The molecule has 0 spiro atoms. The molecule has 2 nitrogen and oxygen atoms in total. The van der Waals surface area contributed by atoms with Gasteiger partial charge in [0, 0.05) is 44.6 Å². The van der Waals surface area contributed by atoms with E-state index in [1.165, 1.54) is 72.2 Å². The van der Waals surface area contributed by atoms with Crippen molar-refractivity contribution < 1.29 is 4.42 Å². The minimum absolute atomic E-state index is 0.0189. The van der Waals surface area contributed by atoms with Crippen molar-refractivity contribution in [1.29, 1.82) is 0 Å². The molecule has 3 aliphatic rings. The van der Waals surface area contributed by atoms with E-state index in [1.807, 2.05) is 0 Å². The number of hydrogen-bond donors (Lipinski definition) is 0. The Kier molecular flexibility index (Phi) is 7.47. The van der Waals surface area contributed by atoms with Crippen LogP contribution in [0.2, 0.25) is 0 Å². The Balaban J connectivity index is 1.07. The first-order chi connectivity index (χ1) is 26.1. The number of furan rings is 1. The molecule has 7 aromatic rings. The Morgan fingerprint density at radius 2 is 1.34 bits per heavy atom. The van der Waals surface area contributed by atoms with E-state index in [0.717, 1.165) is 24.0 Å². The van der Waals surface area contributed by atoms with Crippen molar-refractivity contribution >= 4 is 27.6 Å². The van der Waals surface area contributed by atoms with Crippen molar-refractivity contribution in [3.63, 3.8) is 0 Å². The van der Waals surface area contributed by atoms with E-state index in [2.05, 4.69) is 195 Å². The summed E-state index contributed by atoms with van der Waals surface area (Å²) in [6, 6.07) is 49.2. The van der Waals surface area contributed by atoms with E-state index < -0.39 is 0 Å². The lowest BCUT2D eigenvalue weighted by Crippen LogP contribution is -2.35. The highest BCUT2D eigenvalue weighted by Gasteiger charge is 2.35. The molecule has 0 saturated heterocycles. The summed E-state index contributed by atoms with van der Waals surface area (Å²) in [6.07, 6.45) is 17.8. The smallest absolute Gasteiger partial charge is 0.139 e. The van der Waals surface area contributed by atoms with Crippen LogP contribution < -0.4 is 4.90 Å². The van der Waals surface area contributed by atoms with Gasteiger partial charge < -0.3 is 9.32 Å². The monoisotopic (exact) mass is 683 g/mol. The Morgan fingerprint density at radius 1 is 0.604 bits per heavy atom. The normalized spacial score (nSPS) is 18.3. The number of anilines is 1. The molecule has 2 heteroatoms. The summed E-state index contributed by atoms with van der Waals surface area (Å²) in [4.78, 5) is 2.60. The molecule has 0 radical (unpaired) electrons. The zero-order valence-electron chi connectivity index (χ0n) is 30.2. The summed E-state index contributed by atoms with van der Waals surface area (Å²) in [7, 11) is 0. The van der Waals surface area contributed by atoms with Gasteiger partial charge in [-0.05, 0) is 76.1 Å². The van der Waals surface area contributed by atoms with Crippen LogP contribution in [-0.2, 0) is 5.41 Å². The lowest BCUT2D eigenvalue weighted by molar-refractivity contribution is 0.649. The number of nitrogens with zero attached hydrogens (tertiary/aromatic N) is 1. The first kappa shape index (κ1) is 31.6. The number of para-hydroxylation sites is 3. The molecule has 1 heterocycles. The van der Waals surface area contributed by atoms with Crippen molar-refractivity contribution in [1.82, 2.24) is 0 Å². The summed E-state index contributed by atoms with van der Waals surface area (Å²) in [5.74, 6) is 0.183. The summed E-state index contributed by atoms with van der Waals surface area (Å²) in [5, 5.41) is 2.35. The zero-order chi connectivity index (χ0) is 35.5. The summed E-state index contributed by atoms with van der Waals surface area (Å²) in [5.41, 5.74) is 16.1. The topological polar surface area (TPSA) is 16.4 Å². The Bertz CT molecular complexity index is 2680.